The van der Waals surface area contributed by atoms with Crippen molar-refractivity contribution in [3.63, 3.8) is 0 Å². The molecule has 3 rings (SSSR count). The van der Waals surface area contributed by atoms with Crippen LogP contribution in [0.3, 0.4) is 0 Å². The van der Waals surface area contributed by atoms with Gasteiger partial charge in [0.25, 0.3) is 0 Å². The average molecular weight is 317 g/mol. The highest BCUT2D eigenvalue weighted by Gasteiger charge is 2.18. The smallest absolute Gasteiger partial charge is 0.225 e. The summed E-state index contributed by atoms with van der Waals surface area (Å²) < 4.78 is 0. The van der Waals surface area contributed by atoms with E-state index in [-0.39, 0.29) is 0 Å². The normalized spacial score (nSPS) is 14.1. The molecule has 0 unspecified atom stereocenters. The van der Waals surface area contributed by atoms with Crippen LogP contribution in [0, 0.1) is 6.92 Å². The Kier molecular flexibility index (Phi) is 4.21. The molecular formula is C17H21ClN4. The Morgan fingerprint density at radius 2 is 2.00 bits per heavy atom. The lowest BCUT2D eigenvalue weighted by molar-refractivity contribution is 0.717. The van der Waals surface area contributed by atoms with Crippen LogP contribution in [-0.2, 0) is 13.0 Å². The lowest BCUT2D eigenvalue weighted by atomic mass is 10.00. The lowest BCUT2D eigenvalue weighted by Gasteiger charge is -2.30. The van der Waals surface area contributed by atoms with Gasteiger partial charge in [0.1, 0.15) is 5.82 Å². The van der Waals surface area contributed by atoms with Crippen LogP contribution in [0.5, 0.6) is 0 Å². The van der Waals surface area contributed by atoms with Crippen molar-refractivity contribution in [1.29, 1.82) is 0 Å². The van der Waals surface area contributed by atoms with Gasteiger partial charge in [-0.05, 0) is 50.5 Å². The van der Waals surface area contributed by atoms with Gasteiger partial charge in [-0.1, -0.05) is 17.7 Å². The van der Waals surface area contributed by atoms with Gasteiger partial charge in [0.05, 0.1) is 0 Å². The summed E-state index contributed by atoms with van der Waals surface area (Å²) in [5.41, 5.74) is 3.65. The zero-order chi connectivity index (χ0) is 15.7. The minimum atomic E-state index is 0.318. The molecule has 1 aromatic heterocycles. The number of aryl methyl sites for hydroxylation is 1. The quantitative estimate of drug-likeness (QED) is 0.934. The van der Waals surface area contributed by atoms with Crippen LogP contribution in [0.1, 0.15) is 30.7 Å². The zero-order valence-corrected chi connectivity index (χ0v) is 14.0. The second-order valence-corrected chi connectivity index (χ2v) is 6.51. The molecule has 1 N–H and O–H groups in total. The molecule has 22 heavy (non-hydrogen) atoms. The summed E-state index contributed by atoms with van der Waals surface area (Å²) in [7, 11) is 0. The van der Waals surface area contributed by atoms with Gasteiger partial charge in [-0.25, -0.2) is 4.98 Å². The van der Waals surface area contributed by atoms with Crippen molar-refractivity contribution in [2.24, 2.45) is 0 Å². The molecule has 0 bridgehead atoms. The number of rotatable bonds is 3. The van der Waals surface area contributed by atoms with E-state index in [1.54, 1.807) is 0 Å². The predicted octanol–water partition coefficient (Wildman–Crippen LogP) is 3.82. The van der Waals surface area contributed by atoms with E-state index in [9.17, 15) is 0 Å². The molecule has 116 valence electrons. The van der Waals surface area contributed by atoms with Gasteiger partial charge in [-0.15, -0.1) is 0 Å². The highest BCUT2D eigenvalue weighted by Crippen LogP contribution is 2.26. The van der Waals surface area contributed by atoms with E-state index in [2.05, 4.69) is 46.2 Å². The molecule has 0 saturated carbocycles. The van der Waals surface area contributed by atoms with Crippen molar-refractivity contribution in [2.45, 2.75) is 39.8 Å². The van der Waals surface area contributed by atoms with Crippen molar-refractivity contribution in [3.05, 3.63) is 46.1 Å². The van der Waals surface area contributed by atoms with Gasteiger partial charge in [0.15, 0.2) is 0 Å². The van der Waals surface area contributed by atoms with E-state index in [1.807, 2.05) is 19.1 Å². The molecule has 0 spiro atoms. The summed E-state index contributed by atoms with van der Waals surface area (Å²) >= 11 is 6.08. The number of aromatic nitrogens is 2. The third kappa shape index (κ3) is 3.33. The van der Waals surface area contributed by atoms with Crippen molar-refractivity contribution >= 4 is 23.4 Å². The third-order valence-electron chi connectivity index (χ3n) is 3.76. The SMILES string of the molecule is Cc1cc(N2CCc3cc(Cl)ccc3C2)nc(NC(C)C)n1. The van der Waals surface area contributed by atoms with E-state index in [0.29, 0.717) is 12.0 Å². The molecule has 1 aliphatic rings. The standard InChI is InChI=1S/C17H21ClN4/c1-11(2)19-17-20-12(3)8-16(21-17)22-7-6-13-9-15(18)5-4-14(13)10-22/h4-5,8-9,11H,6-7,10H2,1-3H3,(H,19,20,21). The van der Waals surface area contributed by atoms with Crippen LogP contribution in [-0.4, -0.2) is 22.6 Å². The molecule has 0 radical (unpaired) electrons. The van der Waals surface area contributed by atoms with Gasteiger partial charge in [0.2, 0.25) is 5.95 Å². The van der Waals surface area contributed by atoms with Gasteiger partial charge in [-0.3, -0.25) is 0 Å². The number of hydrogen-bond donors (Lipinski definition) is 1. The lowest BCUT2D eigenvalue weighted by Crippen LogP contribution is -2.31. The molecule has 0 aliphatic carbocycles. The fourth-order valence-electron chi connectivity index (χ4n) is 2.75. The summed E-state index contributed by atoms with van der Waals surface area (Å²) in [6.07, 6.45) is 0.992. The summed E-state index contributed by atoms with van der Waals surface area (Å²) in [6, 6.07) is 8.52. The summed E-state index contributed by atoms with van der Waals surface area (Å²) in [5, 5.41) is 4.10. The fraction of sp³-hybridized carbons (Fsp3) is 0.412. The maximum atomic E-state index is 6.08. The molecule has 5 heteroatoms. The van der Waals surface area contributed by atoms with E-state index < -0.39 is 0 Å². The first-order chi connectivity index (χ1) is 10.5. The highest BCUT2D eigenvalue weighted by molar-refractivity contribution is 6.30. The third-order valence-corrected chi connectivity index (χ3v) is 4.00. The van der Waals surface area contributed by atoms with Gasteiger partial charge in [0, 0.05) is 35.9 Å². The Labute approximate surface area is 136 Å². The van der Waals surface area contributed by atoms with Gasteiger partial charge < -0.3 is 10.2 Å². The van der Waals surface area contributed by atoms with Crippen LogP contribution in [0.25, 0.3) is 0 Å². The molecule has 0 atom stereocenters. The molecule has 1 aromatic carbocycles. The first-order valence-electron chi connectivity index (χ1n) is 7.66. The molecule has 4 nitrogen and oxygen atoms in total. The van der Waals surface area contributed by atoms with Crippen LogP contribution in [0.15, 0.2) is 24.3 Å². The Hall–Kier alpha value is -1.81. The zero-order valence-electron chi connectivity index (χ0n) is 13.2. The van der Waals surface area contributed by atoms with Crippen molar-refractivity contribution in [3.8, 4) is 0 Å². The van der Waals surface area contributed by atoms with Gasteiger partial charge >= 0.3 is 0 Å². The summed E-state index contributed by atoms with van der Waals surface area (Å²) in [6.45, 7) is 8.00. The summed E-state index contributed by atoms with van der Waals surface area (Å²) in [4.78, 5) is 11.4. The second-order valence-electron chi connectivity index (χ2n) is 6.07. The minimum Gasteiger partial charge on any atom is -0.352 e. The topological polar surface area (TPSA) is 41.1 Å². The van der Waals surface area contributed by atoms with Crippen LogP contribution in [0.4, 0.5) is 11.8 Å². The number of anilines is 2. The molecule has 0 amide bonds. The number of fused-ring (bicyclic) bond motifs is 1. The first-order valence-corrected chi connectivity index (χ1v) is 8.03. The number of halogens is 1. The fourth-order valence-corrected chi connectivity index (χ4v) is 2.95. The Morgan fingerprint density at radius 3 is 2.77 bits per heavy atom. The van der Waals surface area contributed by atoms with Crippen LogP contribution >= 0.6 is 11.6 Å². The van der Waals surface area contributed by atoms with Crippen LogP contribution in [0.2, 0.25) is 5.02 Å². The van der Waals surface area contributed by atoms with Crippen LogP contribution < -0.4 is 10.2 Å². The monoisotopic (exact) mass is 316 g/mol. The number of benzene rings is 1. The maximum Gasteiger partial charge on any atom is 0.225 e. The maximum absolute atomic E-state index is 6.08. The Bertz CT molecular complexity index is 684. The van der Waals surface area contributed by atoms with Crippen molar-refractivity contribution in [1.82, 2.24) is 9.97 Å². The molecule has 1 aliphatic heterocycles. The number of nitrogens with one attached hydrogen (secondary N) is 1. The minimum absolute atomic E-state index is 0.318. The van der Waals surface area contributed by atoms with Gasteiger partial charge in [-0.2, -0.15) is 4.98 Å². The molecule has 2 aromatic rings. The van der Waals surface area contributed by atoms with E-state index >= 15 is 0 Å². The molecular weight excluding hydrogens is 296 g/mol. The molecule has 2 heterocycles. The highest BCUT2D eigenvalue weighted by atomic mass is 35.5. The molecule has 0 fully saturated rings. The van der Waals surface area contributed by atoms with E-state index in [4.69, 9.17) is 11.6 Å². The second kappa shape index (κ2) is 6.13. The first kappa shape index (κ1) is 15.1. The summed E-state index contributed by atoms with van der Waals surface area (Å²) in [5.74, 6) is 1.68. The number of nitrogens with zero attached hydrogens (tertiary/aromatic N) is 3. The largest absolute Gasteiger partial charge is 0.352 e. The predicted molar refractivity (Wildman–Crippen MR) is 91.7 cm³/mol. The molecule has 0 saturated heterocycles. The van der Waals surface area contributed by atoms with E-state index in [0.717, 1.165) is 36.0 Å². The average Bonchev–Trinajstić information content (AvgIpc) is 2.45. The Balaban J connectivity index is 1.86. The Morgan fingerprint density at radius 1 is 1.18 bits per heavy atom. The van der Waals surface area contributed by atoms with E-state index in [1.165, 1.54) is 11.1 Å². The van der Waals surface area contributed by atoms with Crippen molar-refractivity contribution in [2.75, 3.05) is 16.8 Å². The number of hydrogen-bond acceptors (Lipinski definition) is 4. The van der Waals surface area contributed by atoms with Crippen molar-refractivity contribution < 1.29 is 0 Å².